The van der Waals surface area contributed by atoms with E-state index in [1.165, 1.54) is 11.4 Å². The number of benzene rings is 2. The molecule has 0 bridgehead atoms. The maximum Gasteiger partial charge on any atom is 0.0326 e. The molecule has 2 aromatic rings. The van der Waals surface area contributed by atoms with Gasteiger partial charge in [-0.2, -0.15) is 37.0 Å². The zero-order valence-corrected chi connectivity index (χ0v) is 11.8. The molecule has 0 spiro atoms. The molecule has 2 nitrogen and oxygen atoms in total. The van der Waals surface area contributed by atoms with Crippen molar-refractivity contribution >= 4 is 17.1 Å². The van der Waals surface area contributed by atoms with E-state index in [2.05, 4.69) is 59.9 Å². The van der Waals surface area contributed by atoms with Gasteiger partial charge in [0.25, 0.3) is 0 Å². The Hall–Kier alpha value is -1.31. The number of para-hydroxylation sites is 3. The fourth-order valence-electron chi connectivity index (χ4n) is 1.99. The number of hydrogen-bond acceptors (Lipinski definition) is 2. The number of hydrogen-bond donors (Lipinski definition) is 0. The van der Waals surface area contributed by atoms with Crippen LogP contribution in [0.4, 0.5) is 17.1 Å². The summed E-state index contributed by atoms with van der Waals surface area (Å²) in [7, 11) is 2.06. The Kier molecular flexibility index (Phi) is 3.51. The molecule has 0 aromatic heterocycles. The maximum atomic E-state index is 3.24. The topological polar surface area (TPSA) is 6.48 Å². The second-order valence-corrected chi connectivity index (χ2v) is 3.83. The summed E-state index contributed by atoms with van der Waals surface area (Å²) in [6.07, 6.45) is 0. The second-order valence-electron chi connectivity index (χ2n) is 3.83. The van der Waals surface area contributed by atoms with Crippen LogP contribution in [0, 0.1) is 12.7 Å². The third kappa shape index (κ3) is 2.08. The molecule has 1 aliphatic rings. The quantitative estimate of drug-likeness (QED) is 0.679. The number of rotatable bonds is 1. The van der Waals surface area contributed by atoms with Gasteiger partial charge in [0.2, 0.25) is 0 Å². The Bertz CT molecular complexity index is 499. The first-order chi connectivity index (χ1) is 7.86. The van der Waals surface area contributed by atoms with Gasteiger partial charge in [-0.25, -0.2) is 0 Å². The third-order valence-corrected chi connectivity index (χ3v) is 2.76. The molecule has 0 atom stereocenters. The van der Waals surface area contributed by atoms with Crippen LogP contribution in [0.5, 0.6) is 0 Å². The molecular formula is C14H12IrN2-2. The van der Waals surface area contributed by atoms with Crippen LogP contribution in [0.1, 0.15) is 0 Å². The first kappa shape index (κ1) is 12.2. The molecular weight excluding hydrogens is 388 g/mol. The van der Waals surface area contributed by atoms with Crippen molar-refractivity contribution in [1.82, 2.24) is 0 Å². The van der Waals surface area contributed by atoms with Crippen molar-refractivity contribution in [3.8, 4) is 0 Å². The molecule has 0 aliphatic carbocycles. The first-order valence-corrected chi connectivity index (χ1v) is 5.29. The molecule has 2 aromatic carbocycles. The largest absolute Gasteiger partial charge is 0.504 e. The Labute approximate surface area is 115 Å². The van der Waals surface area contributed by atoms with Gasteiger partial charge in [0.15, 0.2) is 0 Å². The van der Waals surface area contributed by atoms with Crippen LogP contribution >= 0.6 is 0 Å². The molecule has 3 heteroatoms. The van der Waals surface area contributed by atoms with E-state index in [0.717, 1.165) is 5.69 Å². The predicted octanol–water partition coefficient (Wildman–Crippen LogP) is 3.19. The molecule has 17 heavy (non-hydrogen) atoms. The average molecular weight is 400 g/mol. The summed E-state index contributed by atoms with van der Waals surface area (Å²) in [6.45, 7) is 2.08. The van der Waals surface area contributed by atoms with Crippen molar-refractivity contribution < 1.29 is 20.1 Å². The predicted molar refractivity (Wildman–Crippen MR) is 66.6 cm³/mol. The van der Waals surface area contributed by atoms with Crippen molar-refractivity contribution in [1.29, 1.82) is 0 Å². The number of fused-ring (bicyclic) bond motifs is 1. The van der Waals surface area contributed by atoms with Crippen molar-refractivity contribution in [2.24, 2.45) is 0 Å². The zero-order chi connectivity index (χ0) is 11.0. The summed E-state index contributed by atoms with van der Waals surface area (Å²) >= 11 is 0. The van der Waals surface area contributed by atoms with Crippen LogP contribution in [0.15, 0.2) is 48.5 Å². The minimum Gasteiger partial charge on any atom is -0.504 e. The molecule has 3 rings (SSSR count). The van der Waals surface area contributed by atoms with E-state index in [-0.39, 0.29) is 20.1 Å². The Morgan fingerprint density at radius 2 is 1.71 bits per heavy atom. The maximum absolute atomic E-state index is 3.24. The van der Waals surface area contributed by atoms with Crippen molar-refractivity contribution in [3.63, 3.8) is 0 Å². The third-order valence-electron chi connectivity index (χ3n) is 2.76. The summed E-state index contributed by atoms with van der Waals surface area (Å²) in [6, 6.07) is 19.6. The normalized spacial score (nSPS) is 13.2. The SMILES string of the molecule is CN1[CH-]N(c2[c-]cccc2)c2ccccc21.[Ir]. The Morgan fingerprint density at radius 3 is 2.41 bits per heavy atom. The van der Waals surface area contributed by atoms with Gasteiger partial charge in [0.05, 0.1) is 0 Å². The Balaban J connectivity index is 0.00000108. The molecule has 0 unspecified atom stereocenters. The van der Waals surface area contributed by atoms with Crippen molar-refractivity contribution in [2.75, 3.05) is 16.8 Å². The van der Waals surface area contributed by atoms with Gasteiger partial charge in [-0.1, -0.05) is 12.1 Å². The van der Waals surface area contributed by atoms with Crippen LogP contribution in [-0.2, 0) is 20.1 Å². The van der Waals surface area contributed by atoms with Gasteiger partial charge in [0, 0.05) is 31.5 Å². The molecule has 0 saturated heterocycles. The molecule has 0 saturated carbocycles. The summed E-state index contributed by atoms with van der Waals surface area (Å²) < 4.78 is 0. The van der Waals surface area contributed by atoms with E-state index in [1.54, 1.807) is 0 Å². The molecule has 1 radical (unpaired) electrons. The van der Waals surface area contributed by atoms with E-state index < -0.39 is 0 Å². The zero-order valence-electron chi connectivity index (χ0n) is 9.42. The van der Waals surface area contributed by atoms with Gasteiger partial charge in [-0.15, -0.1) is 5.69 Å². The minimum absolute atomic E-state index is 0. The summed E-state index contributed by atoms with van der Waals surface area (Å²) in [5, 5.41) is 0. The molecule has 89 valence electrons. The van der Waals surface area contributed by atoms with E-state index in [9.17, 15) is 0 Å². The molecule has 1 aliphatic heterocycles. The number of nitrogens with zero attached hydrogens (tertiary/aromatic N) is 2. The first-order valence-electron chi connectivity index (χ1n) is 5.29. The molecule has 0 N–H and O–H groups in total. The minimum atomic E-state index is 0. The van der Waals surface area contributed by atoms with Crippen molar-refractivity contribution in [2.45, 2.75) is 0 Å². The van der Waals surface area contributed by atoms with E-state index in [1.807, 2.05) is 18.2 Å². The summed E-state index contributed by atoms with van der Waals surface area (Å²) in [4.78, 5) is 4.27. The van der Waals surface area contributed by atoms with Crippen LogP contribution in [0.25, 0.3) is 0 Å². The summed E-state index contributed by atoms with van der Waals surface area (Å²) in [5.41, 5.74) is 3.49. The molecule has 0 amide bonds. The number of anilines is 3. The second kappa shape index (κ2) is 4.91. The average Bonchev–Trinajstić information content (AvgIpc) is 2.69. The van der Waals surface area contributed by atoms with E-state index in [4.69, 9.17) is 0 Å². The summed E-state index contributed by atoms with van der Waals surface area (Å²) in [5.74, 6) is 0. The van der Waals surface area contributed by atoms with E-state index >= 15 is 0 Å². The Morgan fingerprint density at radius 1 is 1.00 bits per heavy atom. The van der Waals surface area contributed by atoms with Crippen molar-refractivity contribution in [3.05, 3.63) is 61.3 Å². The smallest absolute Gasteiger partial charge is 0.0326 e. The monoisotopic (exact) mass is 401 g/mol. The van der Waals surface area contributed by atoms with E-state index in [0.29, 0.717) is 0 Å². The van der Waals surface area contributed by atoms with Gasteiger partial charge < -0.3 is 9.80 Å². The van der Waals surface area contributed by atoms with Crippen LogP contribution in [0.2, 0.25) is 0 Å². The van der Waals surface area contributed by atoms with Gasteiger partial charge in [0.1, 0.15) is 0 Å². The van der Waals surface area contributed by atoms with Gasteiger partial charge >= 0.3 is 0 Å². The van der Waals surface area contributed by atoms with Crippen LogP contribution < -0.4 is 9.80 Å². The van der Waals surface area contributed by atoms with Crippen LogP contribution in [-0.4, -0.2) is 7.05 Å². The van der Waals surface area contributed by atoms with Gasteiger partial charge in [-0.3, -0.25) is 0 Å². The molecule has 1 heterocycles. The fraction of sp³-hybridized carbons (Fsp3) is 0.0714. The fourth-order valence-corrected chi connectivity index (χ4v) is 1.99. The standard InChI is InChI=1S/C14H12N2.Ir/c1-15-11-16(12-7-3-2-4-8-12)14-10-6-5-9-13(14)15;/h2-7,9-11H,1H3;/q-2;. The molecule has 0 fully saturated rings. The van der Waals surface area contributed by atoms with Crippen LogP contribution in [0.3, 0.4) is 0 Å². The van der Waals surface area contributed by atoms with Gasteiger partial charge in [-0.05, 0) is 19.2 Å².